The summed E-state index contributed by atoms with van der Waals surface area (Å²) in [4.78, 5) is 9.00. The number of thioether (sulfide) groups is 1. The first-order valence-corrected chi connectivity index (χ1v) is 10.4. The molecule has 0 saturated heterocycles. The van der Waals surface area contributed by atoms with Crippen LogP contribution in [0.4, 0.5) is 0 Å². The van der Waals surface area contributed by atoms with Crippen LogP contribution in [0.25, 0.3) is 17.1 Å². The molecule has 4 rings (SSSR count). The fourth-order valence-electron chi connectivity index (χ4n) is 3.22. The molecule has 8 heteroatoms. The number of hydrogen-bond donors (Lipinski definition) is 0. The zero-order chi connectivity index (χ0) is 21.1. The fourth-order valence-corrected chi connectivity index (χ4v) is 4.03. The van der Waals surface area contributed by atoms with Gasteiger partial charge in [0.1, 0.15) is 11.5 Å². The Labute approximate surface area is 179 Å². The largest absolute Gasteiger partial charge is 0.497 e. The predicted molar refractivity (Wildman–Crippen MR) is 115 cm³/mol. The number of benzene rings is 2. The van der Waals surface area contributed by atoms with Gasteiger partial charge in [0, 0.05) is 24.1 Å². The Hall–Kier alpha value is -3.26. The maximum atomic E-state index is 5.45. The van der Waals surface area contributed by atoms with Crippen LogP contribution in [0.1, 0.15) is 17.0 Å². The molecule has 0 aliphatic carbocycles. The van der Waals surface area contributed by atoms with Crippen molar-refractivity contribution in [1.29, 1.82) is 0 Å². The van der Waals surface area contributed by atoms with Crippen LogP contribution in [0.2, 0.25) is 0 Å². The molecule has 0 bridgehead atoms. The van der Waals surface area contributed by atoms with Gasteiger partial charge in [0.2, 0.25) is 11.7 Å². The minimum Gasteiger partial charge on any atom is -0.497 e. The molecule has 0 aliphatic rings. The van der Waals surface area contributed by atoms with Crippen molar-refractivity contribution in [1.82, 2.24) is 19.7 Å². The van der Waals surface area contributed by atoms with Crippen molar-refractivity contribution in [2.24, 2.45) is 0 Å². The molecule has 0 aliphatic heterocycles. The molecule has 0 atom stereocenters. The van der Waals surface area contributed by atoms with Crippen LogP contribution in [0.5, 0.6) is 11.5 Å². The summed E-state index contributed by atoms with van der Waals surface area (Å²) < 4.78 is 18.2. The van der Waals surface area contributed by atoms with Gasteiger partial charge >= 0.3 is 0 Å². The Bertz CT molecular complexity index is 1150. The highest BCUT2D eigenvalue weighted by Crippen LogP contribution is 2.32. The van der Waals surface area contributed by atoms with Crippen molar-refractivity contribution in [3.63, 3.8) is 0 Å². The number of hydrogen-bond acceptors (Lipinski definition) is 7. The molecule has 0 amide bonds. The molecule has 30 heavy (non-hydrogen) atoms. The van der Waals surface area contributed by atoms with Crippen LogP contribution >= 0.6 is 11.8 Å². The first kappa shape index (κ1) is 20.0. The smallest absolute Gasteiger partial charge is 0.237 e. The van der Waals surface area contributed by atoms with E-state index in [0.29, 0.717) is 29.0 Å². The molecule has 2 aromatic carbocycles. The summed E-state index contributed by atoms with van der Waals surface area (Å²) in [6, 6.07) is 11.9. The van der Waals surface area contributed by atoms with Gasteiger partial charge in [-0.1, -0.05) is 23.0 Å². The van der Waals surface area contributed by atoms with Gasteiger partial charge in [0.25, 0.3) is 0 Å². The molecule has 2 aromatic heterocycles. The SMILES string of the molecule is COc1ccc(-c2noc(CSc3nccn3-c3cc(C)cc(C)c3)n2)c(OC)c1. The van der Waals surface area contributed by atoms with E-state index in [1.54, 1.807) is 38.2 Å². The van der Waals surface area contributed by atoms with E-state index in [0.717, 1.165) is 16.4 Å². The number of imidazole rings is 1. The van der Waals surface area contributed by atoms with E-state index < -0.39 is 0 Å². The third-order valence-corrected chi connectivity index (χ3v) is 5.49. The summed E-state index contributed by atoms with van der Waals surface area (Å²) in [5, 5.41) is 4.97. The van der Waals surface area contributed by atoms with Crippen LogP contribution < -0.4 is 9.47 Å². The van der Waals surface area contributed by atoms with Crippen LogP contribution in [-0.4, -0.2) is 33.9 Å². The van der Waals surface area contributed by atoms with Crippen LogP contribution in [0.15, 0.2) is 58.5 Å². The zero-order valence-corrected chi connectivity index (χ0v) is 18.1. The molecule has 7 nitrogen and oxygen atoms in total. The van der Waals surface area contributed by atoms with Gasteiger partial charge in [0.15, 0.2) is 5.16 Å². The maximum absolute atomic E-state index is 5.45. The van der Waals surface area contributed by atoms with Crippen LogP contribution in [-0.2, 0) is 5.75 Å². The van der Waals surface area contributed by atoms with Gasteiger partial charge in [-0.3, -0.25) is 4.57 Å². The molecule has 2 heterocycles. The van der Waals surface area contributed by atoms with Gasteiger partial charge < -0.3 is 14.0 Å². The third-order valence-electron chi connectivity index (χ3n) is 4.53. The molecule has 0 radical (unpaired) electrons. The molecule has 0 fully saturated rings. The number of aromatic nitrogens is 4. The molecule has 154 valence electrons. The topological polar surface area (TPSA) is 75.2 Å². The van der Waals surface area contributed by atoms with Crippen LogP contribution in [0.3, 0.4) is 0 Å². The van der Waals surface area contributed by atoms with Crippen molar-refractivity contribution in [2.45, 2.75) is 24.8 Å². The minimum absolute atomic E-state index is 0.475. The van der Waals surface area contributed by atoms with Gasteiger partial charge in [-0.15, -0.1) is 0 Å². The molecular weight excluding hydrogens is 400 g/mol. The van der Waals surface area contributed by atoms with E-state index >= 15 is 0 Å². The lowest BCUT2D eigenvalue weighted by molar-refractivity contribution is 0.388. The van der Waals surface area contributed by atoms with E-state index in [-0.39, 0.29) is 0 Å². The fraction of sp³-hybridized carbons (Fsp3) is 0.227. The lowest BCUT2D eigenvalue weighted by atomic mass is 10.1. The van der Waals surface area contributed by atoms with Crippen molar-refractivity contribution in [3.8, 4) is 28.6 Å². The second-order valence-corrected chi connectivity index (χ2v) is 7.73. The molecule has 0 N–H and O–H groups in total. The van der Waals surface area contributed by atoms with Gasteiger partial charge in [-0.2, -0.15) is 4.98 Å². The summed E-state index contributed by atoms with van der Waals surface area (Å²) >= 11 is 1.54. The second kappa shape index (κ2) is 8.62. The predicted octanol–water partition coefficient (Wildman–Crippen LogP) is 4.85. The van der Waals surface area contributed by atoms with Crippen molar-refractivity contribution >= 4 is 11.8 Å². The quantitative estimate of drug-likeness (QED) is 0.394. The second-order valence-electron chi connectivity index (χ2n) is 6.79. The van der Waals surface area contributed by atoms with Crippen molar-refractivity contribution in [3.05, 3.63) is 65.8 Å². The highest BCUT2D eigenvalue weighted by Gasteiger charge is 2.15. The normalized spacial score (nSPS) is 10.9. The van der Waals surface area contributed by atoms with E-state index in [1.165, 1.54) is 11.1 Å². The van der Waals surface area contributed by atoms with Gasteiger partial charge in [-0.05, 0) is 49.2 Å². The average molecular weight is 423 g/mol. The number of ether oxygens (including phenoxy) is 2. The van der Waals surface area contributed by atoms with E-state index in [1.807, 2.05) is 18.3 Å². The Morgan fingerprint density at radius 2 is 1.83 bits per heavy atom. The van der Waals surface area contributed by atoms with E-state index in [4.69, 9.17) is 14.0 Å². The number of nitrogens with zero attached hydrogens (tertiary/aromatic N) is 4. The molecule has 0 unspecified atom stereocenters. The summed E-state index contributed by atoms with van der Waals surface area (Å²) in [5.74, 6) is 2.83. The molecule has 4 aromatic rings. The summed E-state index contributed by atoms with van der Waals surface area (Å²) in [7, 11) is 3.21. The first-order valence-electron chi connectivity index (χ1n) is 9.37. The van der Waals surface area contributed by atoms with Crippen LogP contribution in [0, 0.1) is 13.8 Å². The Morgan fingerprint density at radius 1 is 1.03 bits per heavy atom. The molecule has 0 spiro atoms. The lowest BCUT2D eigenvalue weighted by Crippen LogP contribution is -1.97. The van der Waals surface area contributed by atoms with E-state index in [2.05, 4.69) is 51.7 Å². The highest BCUT2D eigenvalue weighted by atomic mass is 32.2. The van der Waals surface area contributed by atoms with Crippen molar-refractivity contribution in [2.75, 3.05) is 14.2 Å². The molecule has 0 saturated carbocycles. The summed E-state index contributed by atoms with van der Waals surface area (Å²) in [5.41, 5.74) is 4.26. The number of methoxy groups -OCH3 is 2. The number of aryl methyl sites for hydroxylation is 2. The van der Waals surface area contributed by atoms with Gasteiger partial charge in [-0.25, -0.2) is 4.98 Å². The monoisotopic (exact) mass is 422 g/mol. The summed E-state index contributed by atoms with van der Waals surface area (Å²) in [6.07, 6.45) is 3.75. The molecular formula is C22H22N4O3S. The Kier molecular flexibility index (Phi) is 5.76. The van der Waals surface area contributed by atoms with E-state index in [9.17, 15) is 0 Å². The Morgan fingerprint density at radius 3 is 2.57 bits per heavy atom. The lowest BCUT2D eigenvalue weighted by Gasteiger charge is -2.09. The minimum atomic E-state index is 0.475. The average Bonchev–Trinajstić information content (AvgIpc) is 3.40. The standard InChI is InChI=1S/C22H22N4O3S/c1-14-9-15(2)11-16(10-14)26-8-7-23-22(26)30-13-20-24-21(25-29-20)18-6-5-17(27-3)12-19(18)28-4/h5-12H,13H2,1-4H3. The Balaban J connectivity index is 1.52. The zero-order valence-electron chi connectivity index (χ0n) is 17.2. The first-order chi connectivity index (χ1) is 14.6. The maximum Gasteiger partial charge on any atom is 0.237 e. The third kappa shape index (κ3) is 4.18. The van der Waals surface area contributed by atoms with Gasteiger partial charge in [0.05, 0.1) is 25.5 Å². The highest BCUT2D eigenvalue weighted by molar-refractivity contribution is 7.98. The van der Waals surface area contributed by atoms with Crippen molar-refractivity contribution < 1.29 is 14.0 Å². The number of rotatable bonds is 7. The summed E-state index contributed by atoms with van der Waals surface area (Å²) in [6.45, 7) is 4.18.